The summed E-state index contributed by atoms with van der Waals surface area (Å²) in [5.74, 6) is -2.69. The fraction of sp³-hybridized carbons (Fsp3) is 0.400. The van der Waals surface area contributed by atoms with Crippen LogP contribution in [-0.4, -0.2) is 15.9 Å². The van der Waals surface area contributed by atoms with Gasteiger partial charge in [0.1, 0.15) is 5.82 Å². The minimum atomic E-state index is -4.76. The molecule has 8 heteroatoms. The van der Waals surface area contributed by atoms with Crippen LogP contribution >= 0.6 is 0 Å². The van der Waals surface area contributed by atoms with E-state index in [4.69, 9.17) is 0 Å². The van der Waals surface area contributed by atoms with Crippen molar-refractivity contribution < 1.29 is 26.9 Å². The SMILES string of the molecule is O=C(CC1CCC1)c1ccc(-c2noc(C(F)(F)F)n2)cc1F. The van der Waals surface area contributed by atoms with E-state index in [9.17, 15) is 22.4 Å². The van der Waals surface area contributed by atoms with Crippen molar-refractivity contribution in [3.05, 3.63) is 35.5 Å². The Bertz CT molecular complexity index is 735. The Morgan fingerprint density at radius 1 is 1.30 bits per heavy atom. The van der Waals surface area contributed by atoms with Crippen LogP contribution in [0.25, 0.3) is 11.4 Å². The molecule has 0 amide bonds. The molecule has 0 atom stereocenters. The largest absolute Gasteiger partial charge is 0.471 e. The van der Waals surface area contributed by atoms with E-state index in [0.717, 1.165) is 25.3 Å². The maximum atomic E-state index is 14.1. The van der Waals surface area contributed by atoms with Gasteiger partial charge >= 0.3 is 12.1 Å². The molecule has 0 aliphatic heterocycles. The van der Waals surface area contributed by atoms with E-state index in [-0.39, 0.29) is 29.2 Å². The lowest BCUT2D eigenvalue weighted by molar-refractivity contribution is -0.159. The van der Waals surface area contributed by atoms with E-state index < -0.39 is 17.9 Å². The van der Waals surface area contributed by atoms with Gasteiger partial charge in [0, 0.05) is 12.0 Å². The molecule has 1 fully saturated rings. The lowest BCUT2D eigenvalue weighted by Gasteiger charge is -2.24. The highest BCUT2D eigenvalue weighted by Gasteiger charge is 2.38. The molecule has 0 bridgehead atoms. The fourth-order valence-corrected chi connectivity index (χ4v) is 2.41. The summed E-state index contributed by atoms with van der Waals surface area (Å²) in [5.41, 5.74) is -0.0536. The van der Waals surface area contributed by atoms with Crippen LogP contribution in [-0.2, 0) is 6.18 Å². The van der Waals surface area contributed by atoms with E-state index >= 15 is 0 Å². The average molecular weight is 328 g/mol. The summed E-state index contributed by atoms with van der Waals surface area (Å²) >= 11 is 0. The number of Topliss-reactive ketones (excluding diaryl/α,β-unsaturated/α-hetero) is 1. The highest BCUT2D eigenvalue weighted by molar-refractivity contribution is 5.96. The molecule has 0 unspecified atom stereocenters. The molecule has 0 N–H and O–H groups in total. The van der Waals surface area contributed by atoms with Crippen molar-refractivity contribution in [3.63, 3.8) is 0 Å². The Labute approximate surface area is 128 Å². The first-order valence-corrected chi connectivity index (χ1v) is 7.08. The predicted molar refractivity (Wildman–Crippen MR) is 71.0 cm³/mol. The topological polar surface area (TPSA) is 56.0 Å². The van der Waals surface area contributed by atoms with Gasteiger partial charge in [-0.15, -0.1) is 0 Å². The second-order valence-electron chi connectivity index (χ2n) is 5.54. The number of halogens is 4. The van der Waals surface area contributed by atoms with Crippen LogP contribution < -0.4 is 0 Å². The fourth-order valence-electron chi connectivity index (χ4n) is 2.41. The molecule has 0 radical (unpaired) electrons. The van der Waals surface area contributed by atoms with Gasteiger partial charge in [-0.2, -0.15) is 18.2 Å². The zero-order valence-electron chi connectivity index (χ0n) is 11.9. The van der Waals surface area contributed by atoms with Crippen LogP contribution in [0.4, 0.5) is 17.6 Å². The number of alkyl halides is 3. The van der Waals surface area contributed by atoms with Crippen molar-refractivity contribution in [2.75, 3.05) is 0 Å². The van der Waals surface area contributed by atoms with Crippen molar-refractivity contribution in [1.29, 1.82) is 0 Å². The number of ketones is 1. The van der Waals surface area contributed by atoms with E-state index in [2.05, 4.69) is 14.7 Å². The van der Waals surface area contributed by atoms with Gasteiger partial charge in [0.25, 0.3) is 0 Å². The molecule has 1 aliphatic rings. The third-order valence-electron chi connectivity index (χ3n) is 3.90. The lowest BCUT2D eigenvalue weighted by atomic mass is 9.81. The zero-order chi connectivity index (χ0) is 16.6. The van der Waals surface area contributed by atoms with Crippen molar-refractivity contribution in [1.82, 2.24) is 10.1 Å². The Morgan fingerprint density at radius 3 is 2.57 bits per heavy atom. The maximum Gasteiger partial charge on any atom is 0.471 e. The molecular weight excluding hydrogens is 316 g/mol. The quantitative estimate of drug-likeness (QED) is 0.621. The Kier molecular flexibility index (Phi) is 3.91. The number of hydrogen-bond donors (Lipinski definition) is 0. The molecule has 23 heavy (non-hydrogen) atoms. The molecule has 0 saturated heterocycles. The first-order valence-electron chi connectivity index (χ1n) is 7.08. The van der Waals surface area contributed by atoms with Gasteiger partial charge in [0.2, 0.25) is 5.82 Å². The summed E-state index contributed by atoms with van der Waals surface area (Å²) in [7, 11) is 0. The van der Waals surface area contributed by atoms with Gasteiger partial charge in [-0.25, -0.2) is 4.39 Å². The molecule has 0 spiro atoms. The Hall–Kier alpha value is -2.25. The van der Waals surface area contributed by atoms with Crippen molar-refractivity contribution >= 4 is 5.78 Å². The summed E-state index contributed by atoms with van der Waals surface area (Å²) in [6.07, 6.45) is -1.46. The van der Waals surface area contributed by atoms with Crippen LogP contribution in [0.3, 0.4) is 0 Å². The molecule has 1 aromatic heterocycles. The van der Waals surface area contributed by atoms with E-state index in [1.807, 2.05) is 0 Å². The van der Waals surface area contributed by atoms with Gasteiger partial charge < -0.3 is 4.52 Å². The third kappa shape index (κ3) is 3.25. The molecular formula is C15H12F4N2O2. The van der Waals surface area contributed by atoms with E-state index in [1.54, 1.807) is 0 Å². The smallest absolute Gasteiger partial charge is 0.329 e. The summed E-state index contributed by atoms with van der Waals surface area (Å²) in [5, 5.41) is 3.18. The van der Waals surface area contributed by atoms with Gasteiger partial charge in [-0.3, -0.25) is 4.79 Å². The van der Waals surface area contributed by atoms with Gasteiger partial charge in [-0.1, -0.05) is 30.5 Å². The van der Waals surface area contributed by atoms with Crippen LogP contribution in [0, 0.1) is 11.7 Å². The van der Waals surface area contributed by atoms with Crippen molar-refractivity contribution in [3.8, 4) is 11.4 Å². The molecule has 2 aromatic rings. The van der Waals surface area contributed by atoms with Gasteiger partial charge in [0.15, 0.2) is 5.78 Å². The highest BCUT2D eigenvalue weighted by Crippen LogP contribution is 2.32. The second kappa shape index (κ2) is 5.75. The van der Waals surface area contributed by atoms with Crippen LogP contribution in [0.5, 0.6) is 0 Å². The third-order valence-corrected chi connectivity index (χ3v) is 3.90. The molecule has 1 heterocycles. The zero-order valence-corrected chi connectivity index (χ0v) is 11.9. The van der Waals surface area contributed by atoms with E-state index in [1.165, 1.54) is 12.1 Å². The maximum absolute atomic E-state index is 14.1. The van der Waals surface area contributed by atoms with Gasteiger partial charge in [0.05, 0.1) is 5.56 Å². The number of carbonyl (C=O) groups is 1. The molecule has 1 aromatic carbocycles. The first kappa shape index (κ1) is 15.6. The second-order valence-corrected chi connectivity index (χ2v) is 5.54. The van der Waals surface area contributed by atoms with Crippen LogP contribution in [0.2, 0.25) is 0 Å². The standard InChI is InChI=1S/C15H12F4N2O2/c16-11-7-9(13-20-14(23-21-13)15(17,18)19)4-5-10(11)12(22)6-8-2-1-3-8/h4-5,7-8H,1-3,6H2. The van der Waals surface area contributed by atoms with Crippen LogP contribution in [0.1, 0.15) is 41.9 Å². The average Bonchev–Trinajstić information content (AvgIpc) is 2.92. The minimum absolute atomic E-state index is 0.0157. The lowest BCUT2D eigenvalue weighted by Crippen LogP contribution is -2.16. The molecule has 3 rings (SSSR count). The minimum Gasteiger partial charge on any atom is -0.329 e. The number of carbonyl (C=O) groups excluding carboxylic acids is 1. The number of rotatable bonds is 4. The van der Waals surface area contributed by atoms with Crippen molar-refractivity contribution in [2.45, 2.75) is 31.9 Å². The van der Waals surface area contributed by atoms with E-state index in [0.29, 0.717) is 5.92 Å². The normalized spacial score (nSPS) is 15.5. The number of hydrogen-bond acceptors (Lipinski definition) is 4. The summed E-state index contributed by atoms with van der Waals surface area (Å²) in [4.78, 5) is 15.2. The van der Waals surface area contributed by atoms with Gasteiger partial charge in [-0.05, 0) is 18.1 Å². The van der Waals surface area contributed by atoms with Crippen LogP contribution in [0.15, 0.2) is 22.7 Å². The first-order chi connectivity index (χ1) is 10.8. The molecule has 1 saturated carbocycles. The molecule has 1 aliphatic carbocycles. The number of nitrogens with zero attached hydrogens (tertiary/aromatic N) is 2. The molecule has 4 nitrogen and oxygen atoms in total. The summed E-state index contributed by atoms with van der Waals surface area (Å²) < 4.78 is 55.4. The highest BCUT2D eigenvalue weighted by atomic mass is 19.4. The Morgan fingerprint density at radius 2 is 2.04 bits per heavy atom. The summed E-state index contributed by atoms with van der Waals surface area (Å²) in [6.45, 7) is 0. The predicted octanol–water partition coefficient (Wildman–Crippen LogP) is 4.27. The molecule has 122 valence electrons. The Balaban J connectivity index is 1.81. The monoisotopic (exact) mass is 328 g/mol. The number of aromatic nitrogens is 2. The summed E-state index contributed by atoms with van der Waals surface area (Å²) in [6, 6.07) is 3.50. The number of benzene rings is 1. The van der Waals surface area contributed by atoms with Crippen molar-refractivity contribution in [2.24, 2.45) is 5.92 Å².